The second kappa shape index (κ2) is 7.65. The van der Waals surface area contributed by atoms with E-state index in [1.165, 1.54) is 25.3 Å². The Balaban J connectivity index is 2.02. The van der Waals surface area contributed by atoms with Crippen LogP contribution < -0.4 is 14.8 Å². The summed E-state index contributed by atoms with van der Waals surface area (Å²) in [4.78, 5) is 22.3. The number of rotatable bonds is 6. The van der Waals surface area contributed by atoms with Crippen LogP contribution in [0.15, 0.2) is 36.4 Å². The minimum Gasteiger partial charge on any atom is -0.490 e. The fourth-order valence-electron chi connectivity index (χ4n) is 2.03. The molecular weight excluding hydrogens is 336 g/mol. The number of ether oxygens (including phenoxy) is 2. The molecule has 0 radical (unpaired) electrons. The van der Waals surface area contributed by atoms with Gasteiger partial charge < -0.3 is 14.8 Å². The van der Waals surface area contributed by atoms with Crippen molar-refractivity contribution >= 4 is 28.9 Å². The number of halogens is 1. The van der Waals surface area contributed by atoms with Gasteiger partial charge in [0.1, 0.15) is 5.75 Å². The highest BCUT2D eigenvalue weighted by Crippen LogP contribution is 2.29. The molecular formula is C16H15ClN2O5. The zero-order valence-electron chi connectivity index (χ0n) is 13.0. The number of benzene rings is 2. The molecule has 7 nitrogen and oxygen atoms in total. The van der Waals surface area contributed by atoms with E-state index in [9.17, 15) is 14.9 Å². The summed E-state index contributed by atoms with van der Waals surface area (Å²) < 4.78 is 10.3. The second-order valence-corrected chi connectivity index (χ2v) is 5.33. The monoisotopic (exact) mass is 350 g/mol. The Hall–Kier alpha value is -2.80. The number of nitro groups is 1. The van der Waals surface area contributed by atoms with Crippen LogP contribution in [0.25, 0.3) is 0 Å². The molecule has 0 atom stereocenters. The van der Waals surface area contributed by atoms with Gasteiger partial charge in [-0.25, -0.2) is 0 Å². The van der Waals surface area contributed by atoms with Crippen molar-refractivity contribution in [2.45, 2.75) is 6.92 Å². The molecule has 0 fully saturated rings. The Morgan fingerprint density at radius 3 is 2.58 bits per heavy atom. The number of nitro benzene ring substituents is 1. The van der Waals surface area contributed by atoms with Crippen molar-refractivity contribution in [3.05, 3.63) is 57.1 Å². The molecule has 0 unspecified atom stereocenters. The van der Waals surface area contributed by atoms with Crippen molar-refractivity contribution < 1.29 is 19.2 Å². The van der Waals surface area contributed by atoms with Crippen LogP contribution in [0.1, 0.15) is 5.56 Å². The van der Waals surface area contributed by atoms with Crippen molar-refractivity contribution in [1.29, 1.82) is 0 Å². The van der Waals surface area contributed by atoms with E-state index in [2.05, 4.69) is 5.32 Å². The van der Waals surface area contributed by atoms with Crippen molar-refractivity contribution in [3.8, 4) is 11.5 Å². The van der Waals surface area contributed by atoms with Gasteiger partial charge in [0.2, 0.25) is 0 Å². The number of nitrogens with one attached hydrogen (secondary N) is 1. The number of hydrogen-bond donors (Lipinski definition) is 1. The fourth-order valence-corrected chi connectivity index (χ4v) is 2.25. The maximum absolute atomic E-state index is 11.9. The summed E-state index contributed by atoms with van der Waals surface area (Å²) in [6.07, 6.45) is 0. The van der Waals surface area contributed by atoms with Gasteiger partial charge >= 0.3 is 5.69 Å². The summed E-state index contributed by atoms with van der Waals surface area (Å²) >= 11 is 5.85. The number of carbonyl (C=O) groups is 1. The summed E-state index contributed by atoms with van der Waals surface area (Å²) in [7, 11) is 1.34. The minimum absolute atomic E-state index is 0.117. The standard InChI is InChI=1S/C16H15ClN2O5/c1-10-7-11(17)3-5-14(10)24-9-16(20)18-12-4-6-15(23-2)13(8-12)19(21)22/h3-8H,9H2,1-2H3,(H,18,20). The molecule has 0 aliphatic heterocycles. The smallest absolute Gasteiger partial charge is 0.312 e. The number of nitrogens with zero attached hydrogens (tertiary/aromatic N) is 1. The molecule has 24 heavy (non-hydrogen) atoms. The summed E-state index contributed by atoms with van der Waals surface area (Å²) in [5.74, 6) is 0.213. The largest absolute Gasteiger partial charge is 0.490 e. The number of anilines is 1. The van der Waals surface area contributed by atoms with E-state index in [-0.39, 0.29) is 23.7 Å². The van der Waals surface area contributed by atoms with Crippen LogP contribution in [0, 0.1) is 17.0 Å². The zero-order valence-corrected chi connectivity index (χ0v) is 13.8. The predicted molar refractivity (Wildman–Crippen MR) is 90.0 cm³/mol. The molecule has 0 aliphatic rings. The van der Waals surface area contributed by atoms with E-state index in [0.29, 0.717) is 10.8 Å². The molecule has 2 aromatic rings. The number of amides is 1. The van der Waals surface area contributed by atoms with Crippen LogP contribution in [0.3, 0.4) is 0 Å². The van der Waals surface area contributed by atoms with Gasteiger partial charge in [-0.1, -0.05) is 11.6 Å². The van der Waals surface area contributed by atoms with Crippen LogP contribution in [-0.4, -0.2) is 24.5 Å². The van der Waals surface area contributed by atoms with Crippen LogP contribution in [-0.2, 0) is 4.79 Å². The quantitative estimate of drug-likeness (QED) is 0.635. The lowest BCUT2D eigenvalue weighted by Crippen LogP contribution is -2.20. The summed E-state index contributed by atoms with van der Waals surface area (Å²) in [6.45, 7) is 1.58. The molecule has 2 rings (SSSR count). The van der Waals surface area contributed by atoms with E-state index >= 15 is 0 Å². The summed E-state index contributed by atoms with van der Waals surface area (Å²) in [5, 5.41) is 14.1. The Labute approximate surface area is 143 Å². The lowest BCUT2D eigenvalue weighted by Gasteiger charge is -2.10. The molecule has 1 N–H and O–H groups in total. The highest BCUT2D eigenvalue weighted by atomic mass is 35.5. The van der Waals surface area contributed by atoms with Gasteiger partial charge in [0, 0.05) is 16.8 Å². The Morgan fingerprint density at radius 1 is 1.25 bits per heavy atom. The average Bonchev–Trinajstić information content (AvgIpc) is 2.54. The first kappa shape index (κ1) is 17.6. The van der Waals surface area contributed by atoms with Gasteiger partial charge in [-0.05, 0) is 42.8 Å². The van der Waals surface area contributed by atoms with Gasteiger partial charge in [0.05, 0.1) is 12.0 Å². The number of carbonyl (C=O) groups excluding carboxylic acids is 1. The molecule has 0 heterocycles. The van der Waals surface area contributed by atoms with Gasteiger partial charge in [0.25, 0.3) is 5.91 Å². The second-order valence-electron chi connectivity index (χ2n) is 4.89. The van der Waals surface area contributed by atoms with Crippen molar-refractivity contribution in [1.82, 2.24) is 0 Å². The van der Waals surface area contributed by atoms with E-state index in [1.54, 1.807) is 18.2 Å². The maximum atomic E-state index is 11.9. The Bertz CT molecular complexity index is 779. The molecule has 0 saturated heterocycles. The van der Waals surface area contributed by atoms with Gasteiger partial charge in [-0.15, -0.1) is 0 Å². The fraction of sp³-hybridized carbons (Fsp3) is 0.188. The molecule has 126 valence electrons. The molecule has 1 amide bonds. The van der Waals surface area contributed by atoms with Crippen LogP contribution >= 0.6 is 11.6 Å². The molecule has 2 aromatic carbocycles. The predicted octanol–water partition coefficient (Wildman–Crippen LogP) is 3.58. The van der Waals surface area contributed by atoms with Crippen molar-refractivity contribution in [3.63, 3.8) is 0 Å². The van der Waals surface area contributed by atoms with Crippen LogP contribution in [0.2, 0.25) is 5.02 Å². The van der Waals surface area contributed by atoms with Crippen LogP contribution in [0.5, 0.6) is 11.5 Å². The lowest BCUT2D eigenvalue weighted by molar-refractivity contribution is -0.385. The first-order chi connectivity index (χ1) is 11.4. The highest BCUT2D eigenvalue weighted by Gasteiger charge is 2.16. The first-order valence-electron chi connectivity index (χ1n) is 6.92. The van der Waals surface area contributed by atoms with E-state index in [0.717, 1.165) is 5.56 Å². The molecule has 0 spiro atoms. The molecule has 8 heteroatoms. The average molecular weight is 351 g/mol. The normalized spacial score (nSPS) is 10.1. The SMILES string of the molecule is COc1ccc(NC(=O)COc2ccc(Cl)cc2C)cc1[N+](=O)[O-]. The molecule has 0 bridgehead atoms. The highest BCUT2D eigenvalue weighted by molar-refractivity contribution is 6.30. The third-order valence-electron chi connectivity index (χ3n) is 3.16. The van der Waals surface area contributed by atoms with Gasteiger partial charge in [-0.2, -0.15) is 0 Å². The van der Waals surface area contributed by atoms with Crippen LogP contribution in [0.4, 0.5) is 11.4 Å². The van der Waals surface area contributed by atoms with Gasteiger partial charge in [0.15, 0.2) is 12.4 Å². The first-order valence-corrected chi connectivity index (χ1v) is 7.29. The number of methoxy groups -OCH3 is 1. The van der Waals surface area contributed by atoms with E-state index in [4.69, 9.17) is 21.1 Å². The number of aryl methyl sites for hydroxylation is 1. The van der Waals surface area contributed by atoms with Crippen molar-refractivity contribution in [2.75, 3.05) is 19.0 Å². The minimum atomic E-state index is -0.581. The zero-order chi connectivity index (χ0) is 17.7. The summed E-state index contributed by atoms with van der Waals surface area (Å²) in [6, 6.07) is 9.21. The molecule has 0 saturated carbocycles. The van der Waals surface area contributed by atoms with E-state index < -0.39 is 10.8 Å². The Kier molecular flexibility index (Phi) is 5.59. The number of hydrogen-bond acceptors (Lipinski definition) is 5. The summed E-state index contributed by atoms with van der Waals surface area (Å²) in [5.41, 5.74) is 0.851. The molecule has 0 aliphatic carbocycles. The van der Waals surface area contributed by atoms with Crippen molar-refractivity contribution in [2.24, 2.45) is 0 Å². The van der Waals surface area contributed by atoms with Gasteiger partial charge in [-0.3, -0.25) is 14.9 Å². The van der Waals surface area contributed by atoms with E-state index in [1.807, 2.05) is 6.92 Å². The lowest BCUT2D eigenvalue weighted by atomic mass is 10.2. The maximum Gasteiger partial charge on any atom is 0.312 e. The topological polar surface area (TPSA) is 90.7 Å². The third-order valence-corrected chi connectivity index (χ3v) is 3.39. The Morgan fingerprint density at radius 2 is 1.96 bits per heavy atom. The third kappa shape index (κ3) is 4.36. The molecule has 0 aromatic heterocycles.